The number of aryl methyl sites for hydroxylation is 1. The molecule has 0 amide bonds. The molecule has 0 saturated heterocycles. The van der Waals surface area contributed by atoms with Gasteiger partial charge in [-0.05, 0) is 38.0 Å². The van der Waals surface area contributed by atoms with Gasteiger partial charge in [0.05, 0.1) is 4.92 Å². The third-order valence-electron chi connectivity index (χ3n) is 3.08. The van der Waals surface area contributed by atoms with Crippen molar-refractivity contribution in [2.45, 2.75) is 20.8 Å². The minimum Gasteiger partial charge on any atom is -0.433 e. The molecule has 0 radical (unpaired) electrons. The third kappa shape index (κ3) is 3.07. The summed E-state index contributed by atoms with van der Waals surface area (Å²) in [7, 11) is 0. The van der Waals surface area contributed by atoms with E-state index in [1.54, 1.807) is 6.07 Å². The van der Waals surface area contributed by atoms with Crippen molar-refractivity contribution in [3.63, 3.8) is 0 Å². The van der Waals surface area contributed by atoms with Gasteiger partial charge in [-0.25, -0.2) is 4.98 Å². The van der Waals surface area contributed by atoms with E-state index < -0.39 is 4.92 Å². The van der Waals surface area contributed by atoms with Crippen LogP contribution in [0.5, 0.6) is 11.6 Å². The summed E-state index contributed by atoms with van der Waals surface area (Å²) >= 11 is 0. The molecule has 1 aromatic heterocycles. The molecule has 2 aromatic rings. The second-order valence-electron chi connectivity index (χ2n) is 4.46. The predicted octanol–water partition coefficient (Wildman–Crippen LogP) is 3.23. The fourth-order valence-electron chi connectivity index (χ4n) is 1.84. The zero-order chi connectivity index (χ0) is 15.4. The molecule has 0 aliphatic heterocycles. The topological polar surface area (TPSA) is 90.2 Å². The predicted molar refractivity (Wildman–Crippen MR) is 78.8 cm³/mol. The highest BCUT2D eigenvalue weighted by atomic mass is 16.6. The molecular formula is C14H16N4O3. The lowest BCUT2D eigenvalue weighted by molar-refractivity contribution is -0.385. The Hall–Kier alpha value is -2.70. The number of nitro groups is 1. The van der Waals surface area contributed by atoms with Crippen LogP contribution in [-0.4, -0.2) is 21.4 Å². The maximum Gasteiger partial charge on any atom is 0.373 e. The van der Waals surface area contributed by atoms with Crippen LogP contribution in [0, 0.1) is 24.0 Å². The van der Waals surface area contributed by atoms with Gasteiger partial charge in [-0.2, -0.15) is 4.98 Å². The first-order valence-electron chi connectivity index (χ1n) is 6.52. The number of anilines is 1. The number of aromatic nitrogens is 2. The molecule has 0 fully saturated rings. The molecule has 1 aromatic carbocycles. The highest BCUT2D eigenvalue weighted by Crippen LogP contribution is 2.35. The fraction of sp³-hybridized carbons (Fsp3) is 0.286. The van der Waals surface area contributed by atoms with Crippen molar-refractivity contribution < 1.29 is 9.66 Å². The van der Waals surface area contributed by atoms with E-state index in [2.05, 4.69) is 15.3 Å². The Kier molecular flexibility index (Phi) is 4.32. The first-order chi connectivity index (χ1) is 10.0. The Bertz CT molecular complexity index is 673. The van der Waals surface area contributed by atoms with Gasteiger partial charge in [0.1, 0.15) is 12.1 Å². The van der Waals surface area contributed by atoms with Gasteiger partial charge in [-0.3, -0.25) is 10.1 Å². The zero-order valence-corrected chi connectivity index (χ0v) is 12.1. The molecule has 7 nitrogen and oxygen atoms in total. The van der Waals surface area contributed by atoms with Crippen LogP contribution in [0.25, 0.3) is 0 Å². The van der Waals surface area contributed by atoms with E-state index in [1.807, 2.05) is 32.9 Å². The molecule has 0 spiro atoms. The summed E-state index contributed by atoms with van der Waals surface area (Å²) in [6, 6.07) is 5.53. The van der Waals surface area contributed by atoms with Crippen LogP contribution in [0.1, 0.15) is 18.1 Å². The molecule has 1 heterocycles. The van der Waals surface area contributed by atoms with Crippen LogP contribution >= 0.6 is 0 Å². The minimum absolute atomic E-state index is 0.0698. The van der Waals surface area contributed by atoms with Gasteiger partial charge in [0.2, 0.25) is 5.82 Å². The zero-order valence-electron chi connectivity index (χ0n) is 12.1. The minimum atomic E-state index is -0.543. The highest BCUT2D eigenvalue weighted by Gasteiger charge is 2.25. The molecule has 0 aliphatic rings. The molecule has 21 heavy (non-hydrogen) atoms. The Balaban J connectivity index is 2.46. The summed E-state index contributed by atoms with van der Waals surface area (Å²) in [6.45, 7) is 6.18. The molecular weight excluding hydrogens is 272 g/mol. The van der Waals surface area contributed by atoms with Crippen LogP contribution in [0.15, 0.2) is 24.5 Å². The van der Waals surface area contributed by atoms with E-state index in [0.29, 0.717) is 12.3 Å². The van der Waals surface area contributed by atoms with E-state index >= 15 is 0 Å². The summed E-state index contributed by atoms with van der Waals surface area (Å²) in [5, 5.41) is 14.1. The van der Waals surface area contributed by atoms with Crippen molar-refractivity contribution in [1.82, 2.24) is 9.97 Å². The van der Waals surface area contributed by atoms with Gasteiger partial charge in [0.15, 0.2) is 0 Å². The number of rotatable bonds is 5. The Morgan fingerprint density at radius 1 is 1.33 bits per heavy atom. The first-order valence-corrected chi connectivity index (χ1v) is 6.52. The lowest BCUT2D eigenvalue weighted by Gasteiger charge is -2.11. The van der Waals surface area contributed by atoms with Crippen LogP contribution in [0.3, 0.4) is 0 Å². The molecule has 0 aliphatic carbocycles. The van der Waals surface area contributed by atoms with Gasteiger partial charge >= 0.3 is 11.6 Å². The molecule has 0 atom stereocenters. The average molecular weight is 288 g/mol. The van der Waals surface area contributed by atoms with E-state index in [1.165, 1.54) is 6.33 Å². The van der Waals surface area contributed by atoms with Gasteiger partial charge < -0.3 is 10.1 Å². The lowest BCUT2D eigenvalue weighted by Crippen LogP contribution is -2.06. The summed E-state index contributed by atoms with van der Waals surface area (Å²) in [5.74, 6) is 0.622. The van der Waals surface area contributed by atoms with Crippen molar-refractivity contribution >= 4 is 11.5 Å². The number of hydrogen-bond acceptors (Lipinski definition) is 6. The van der Waals surface area contributed by atoms with Gasteiger partial charge in [0, 0.05) is 6.54 Å². The maximum atomic E-state index is 11.3. The Morgan fingerprint density at radius 2 is 2.10 bits per heavy atom. The van der Waals surface area contributed by atoms with Crippen molar-refractivity contribution in [1.29, 1.82) is 0 Å². The molecule has 0 unspecified atom stereocenters. The molecule has 2 rings (SSSR count). The number of ether oxygens (including phenoxy) is 1. The van der Waals surface area contributed by atoms with Gasteiger partial charge in [-0.1, -0.05) is 12.1 Å². The van der Waals surface area contributed by atoms with Crippen LogP contribution in [0.2, 0.25) is 0 Å². The monoisotopic (exact) mass is 288 g/mol. The van der Waals surface area contributed by atoms with Crippen LogP contribution < -0.4 is 10.1 Å². The Morgan fingerprint density at radius 3 is 2.76 bits per heavy atom. The SMILES string of the molecule is CCNc1ncnc(Oc2cccc(C)c2C)c1[N+](=O)[O-]. The maximum absolute atomic E-state index is 11.3. The van der Waals surface area contributed by atoms with Gasteiger partial charge in [0.25, 0.3) is 0 Å². The number of nitrogens with zero attached hydrogens (tertiary/aromatic N) is 3. The van der Waals surface area contributed by atoms with Crippen LogP contribution in [-0.2, 0) is 0 Å². The average Bonchev–Trinajstić information content (AvgIpc) is 2.44. The third-order valence-corrected chi connectivity index (χ3v) is 3.08. The summed E-state index contributed by atoms with van der Waals surface area (Å²) in [5.41, 5.74) is 1.69. The smallest absolute Gasteiger partial charge is 0.373 e. The van der Waals surface area contributed by atoms with Crippen molar-refractivity contribution in [3.8, 4) is 11.6 Å². The quantitative estimate of drug-likeness (QED) is 0.671. The fourth-order valence-corrected chi connectivity index (χ4v) is 1.84. The molecule has 0 saturated carbocycles. The number of benzene rings is 1. The Labute approximate surface area is 122 Å². The standard InChI is InChI=1S/C14H16N4O3/c1-4-15-13-12(18(19)20)14(17-8-16-13)21-11-7-5-6-9(2)10(11)3/h5-8H,4H2,1-3H3,(H,15,16,17). The molecule has 1 N–H and O–H groups in total. The van der Waals surface area contributed by atoms with E-state index in [-0.39, 0.29) is 17.4 Å². The molecule has 7 heteroatoms. The van der Waals surface area contributed by atoms with Crippen molar-refractivity contribution in [3.05, 3.63) is 45.8 Å². The van der Waals surface area contributed by atoms with Crippen molar-refractivity contribution in [2.24, 2.45) is 0 Å². The van der Waals surface area contributed by atoms with E-state index in [9.17, 15) is 10.1 Å². The molecule has 0 bridgehead atoms. The molecule has 110 valence electrons. The van der Waals surface area contributed by atoms with Crippen LogP contribution in [0.4, 0.5) is 11.5 Å². The highest BCUT2D eigenvalue weighted by molar-refractivity contribution is 5.62. The van der Waals surface area contributed by atoms with E-state index in [4.69, 9.17) is 4.74 Å². The second kappa shape index (κ2) is 6.17. The summed E-state index contributed by atoms with van der Waals surface area (Å²) in [4.78, 5) is 18.5. The van der Waals surface area contributed by atoms with Crippen molar-refractivity contribution in [2.75, 3.05) is 11.9 Å². The largest absolute Gasteiger partial charge is 0.433 e. The number of hydrogen-bond donors (Lipinski definition) is 1. The summed E-state index contributed by atoms with van der Waals surface area (Å²) in [6.07, 6.45) is 1.24. The number of nitrogens with one attached hydrogen (secondary N) is 1. The lowest BCUT2D eigenvalue weighted by atomic mass is 10.1. The first kappa shape index (κ1) is 14.7. The second-order valence-corrected chi connectivity index (χ2v) is 4.46. The van der Waals surface area contributed by atoms with E-state index in [0.717, 1.165) is 11.1 Å². The normalized spacial score (nSPS) is 10.2. The summed E-state index contributed by atoms with van der Waals surface area (Å²) < 4.78 is 5.64. The van der Waals surface area contributed by atoms with Gasteiger partial charge in [-0.15, -0.1) is 0 Å².